The van der Waals surface area contributed by atoms with Gasteiger partial charge in [-0.1, -0.05) is 0 Å². The van der Waals surface area contributed by atoms with Crippen molar-refractivity contribution in [3.05, 3.63) is 40.7 Å². The molecule has 1 amide bonds. The highest BCUT2D eigenvalue weighted by molar-refractivity contribution is 7.15. The highest BCUT2D eigenvalue weighted by Gasteiger charge is 2.43. The fourth-order valence-electron chi connectivity index (χ4n) is 3.64. The summed E-state index contributed by atoms with van der Waals surface area (Å²) in [5.74, 6) is -0.0868. The fourth-order valence-corrected chi connectivity index (χ4v) is 4.54. The molecule has 1 atom stereocenters. The third-order valence-corrected chi connectivity index (χ3v) is 5.55. The van der Waals surface area contributed by atoms with Crippen molar-refractivity contribution < 1.29 is 9.53 Å². The Morgan fingerprint density at radius 2 is 2.42 bits per heavy atom. The van der Waals surface area contributed by atoms with Crippen LogP contribution < -0.4 is 5.32 Å². The van der Waals surface area contributed by atoms with Gasteiger partial charge in [0.25, 0.3) is 0 Å². The van der Waals surface area contributed by atoms with Gasteiger partial charge in [0.1, 0.15) is 5.60 Å². The fraction of sp³-hybridized carbons (Fsp3) is 0.471. The first-order valence-corrected chi connectivity index (χ1v) is 8.98. The number of carbonyl (C=O) groups excluding carboxylic acids is 1. The Morgan fingerprint density at radius 1 is 1.50 bits per heavy atom. The number of amides is 1. The second kappa shape index (κ2) is 6.23. The summed E-state index contributed by atoms with van der Waals surface area (Å²) in [5.41, 5.74) is 2.29. The quantitative estimate of drug-likeness (QED) is 0.927. The van der Waals surface area contributed by atoms with Crippen LogP contribution in [0.4, 0.5) is 5.13 Å². The minimum atomic E-state index is -0.215. The third-order valence-electron chi connectivity index (χ3n) is 4.66. The number of likely N-dealkylation sites (tertiary alicyclic amines) is 1. The van der Waals surface area contributed by atoms with Crippen LogP contribution in [0.3, 0.4) is 0 Å². The lowest BCUT2D eigenvalue weighted by atomic mass is 9.86. The minimum Gasteiger partial charge on any atom is -0.364 e. The number of rotatable bonds is 3. The first-order valence-electron chi connectivity index (χ1n) is 8.17. The number of anilines is 1. The first-order chi connectivity index (χ1) is 11.6. The van der Waals surface area contributed by atoms with E-state index in [1.807, 2.05) is 18.6 Å². The lowest BCUT2D eigenvalue weighted by molar-refractivity contribution is -0.114. The van der Waals surface area contributed by atoms with Crippen molar-refractivity contribution in [3.63, 3.8) is 0 Å². The molecule has 7 heteroatoms. The predicted molar refractivity (Wildman–Crippen MR) is 91.6 cm³/mol. The predicted octanol–water partition coefficient (Wildman–Crippen LogP) is 2.52. The van der Waals surface area contributed by atoms with Crippen molar-refractivity contribution in [2.75, 3.05) is 18.4 Å². The zero-order chi connectivity index (χ0) is 16.6. The number of thiazole rings is 1. The molecule has 1 fully saturated rings. The van der Waals surface area contributed by atoms with Crippen molar-refractivity contribution in [2.45, 2.75) is 38.5 Å². The molecule has 0 aromatic carbocycles. The number of nitrogens with one attached hydrogen (secondary N) is 1. The number of pyridine rings is 1. The van der Waals surface area contributed by atoms with Gasteiger partial charge in [-0.05, 0) is 31.0 Å². The van der Waals surface area contributed by atoms with E-state index in [1.165, 1.54) is 29.4 Å². The Kier molecular flexibility index (Phi) is 4.07. The summed E-state index contributed by atoms with van der Waals surface area (Å²) in [7, 11) is 0. The molecule has 0 radical (unpaired) electrons. The normalized spacial score (nSPS) is 23.4. The number of hydrogen-bond donors (Lipinski definition) is 1. The molecule has 1 saturated heterocycles. The molecular formula is C17H20N4O2S. The molecule has 1 N–H and O–H groups in total. The molecule has 2 aliphatic rings. The Morgan fingerprint density at radius 3 is 3.29 bits per heavy atom. The van der Waals surface area contributed by atoms with E-state index in [1.54, 1.807) is 0 Å². The van der Waals surface area contributed by atoms with Crippen molar-refractivity contribution in [1.82, 2.24) is 14.9 Å². The molecule has 0 aliphatic carbocycles. The van der Waals surface area contributed by atoms with Crippen molar-refractivity contribution in [1.29, 1.82) is 0 Å². The van der Waals surface area contributed by atoms with E-state index in [0.717, 1.165) is 37.4 Å². The Hall–Kier alpha value is -1.83. The van der Waals surface area contributed by atoms with Gasteiger partial charge in [0.2, 0.25) is 5.91 Å². The number of carbonyl (C=O) groups is 1. The number of fused-ring (bicyclic) bond motifs is 2. The molecule has 126 valence electrons. The molecule has 4 heterocycles. The van der Waals surface area contributed by atoms with E-state index in [2.05, 4.69) is 26.3 Å². The highest BCUT2D eigenvalue weighted by atomic mass is 32.1. The van der Waals surface area contributed by atoms with E-state index in [0.29, 0.717) is 11.7 Å². The summed E-state index contributed by atoms with van der Waals surface area (Å²) in [6, 6.07) is 2.06. The monoisotopic (exact) mass is 344 g/mol. The van der Waals surface area contributed by atoms with E-state index in [-0.39, 0.29) is 11.5 Å². The summed E-state index contributed by atoms with van der Waals surface area (Å²) >= 11 is 1.53. The first kappa shape index (κ1) is 15.7. The maximum atomic E-state index is 11.1. The van der Waals surface area contributed by atoms with E-state index in [9.17, 15) is 4.79 Å². The van der Waals surface area contributed by atoms with Gasteiger partial charge in [0.05, 0.1) is 6.61 Å². The van der Waals surface area contributed by atoms with Crippen LogP contribution >= 0.6 is 11.3 Å². The van der Waals surface area contributed by atoms with Crippen LogP contribution in [0.2, 0.25) is 0 Å². The van der Waals surface area contributed by atoms with E-state index < -0.39 is 0 Å². The smallest absolute Gasteiger partial charge is 0.223 e. The molecule has 24 heavy (non-hydrogen) atoms. The molecule has 1 unspecified atom stereocenters. The second-order valence-electron chi connectivity index (χ2n) is 6.44. The molecule has 1 spiro atoms. The summed E-state index contributed by atoms with van der Waals surface area (Å²) in [4.78, 5) is 23.3. The summed E-state index contributed by atoms with van der Waals surface area (Å²) in [5, 5.41) is 3.40. The van der Waals surface area contributed by atoms with Crippen LogP contribution in [0.15, 0.2) is 24.7 Å². The maximum Gasteiger partial charge on any atom is 0.223 e. The van der Waals surface area contributed by atoms with Crippen LogP contribution in [0.1, 0.15) is 35.8 Å². The molecule has 2 aromatic rings. The molecule has 4 rings (SSSR count). The molecule has 0 bridgehead atoms. The van der Waals surface area contributed by atoms with Crippen LogP contribution in [0.25, 0.3) is 0 Å². The summed E-state index contributed by atoms with van der Waals surface area (Å²) < 4.78 is 6.23. The highest BCUT2D eigenvalue weighted by Crippen LogP contribution is 2.42. The molecule has 2 aliphatic heterocycles. The van der Waals surface area contributed by atoms with Gasteiger partial charge in [0.15, 0.2) is 5.13 Å². The van der Waals surface area contributed by atoms with Gasteiger partial charge in [0, 0.05) is 49.0 Å². The van der Waals surface area contributed by atoms with Crippen molar-refractivity contribution >= 4 is 22.4 Å². The SMILES string of the molecule is CC(=O)Nc1ncc(CN2CCCC3(C2)OCc2ccncc23)s1. The second-order valence-corrected chi connectivity index (χ2v) is 7.56. The van der Waals surface area contributed by atoms with E-state index in [4.69, 9.17) is 4.74 Å². The number of hydrogen-bond acceptors (Lipinski definition) is 6. The van der Waals surface area contributed by atoms with Gasteiger partial charge >= 0.3 is 0 Å². The van der Waals surface area contributed by atoms with Crippen LogP contribution in [0.5, 0.6) is 0 Å². The maximum absolute atomic E-state index is 11.1. The standard InChI is InChI=1S/C17H20N4O2S/c1-12(22)20-16-19-7-14(24-16)9-21-6-2-4-17(11-21)15-8-18-5-3-13(15)10-23-17/h3,5,7-8H,2,4,6,9-11H2,1H3,(H,19,20,22). The van der Waals surface area contributed by atoms with Crippen molar-refractivity contribution in [2.24, 2.45) is 0 Å². The number of ether oxygens (including phenoxy) is 1. The molecule has 6 nitrogen and oxygen atoms in total. The molecular weight excluding hydrogens is 324 g/mol. The molecule has 2 aromatic heterocycles. The van der Waals surface area contributed by atoms with Gasteiger partial charge in [-0.3, -0.25) is 14.7 Å². The van der Waals surface area contributed by atoms with Gasteiger partial charge in [-0.2, -0.15) is 0 Å². The third kappa shape index (κ3) is 2.94. The van der Waals surface area contributed by atoms with Crippen LogP contribution in [0, 0.1) is 0 Å². The lowest BCUT2D eigenvalue weighted by Gasteiger charge is -2.40. The lowest BCUT2D eigenvalue weighted by Crippen LogP contribution is -2.45. The minimum absolute atomic E-state index is 0.0868. The zero-order valence-corrected chi connectivity index (χ0v) is 14.4. The van der Waals surface area contributed by atoms with Crippen LogP contribution in [-0.4, -0.2) is 33.9 Å². The molecule has 0 saturated carbocycles. The Labute approximate surface area is 144 Å². The average Bonchev–Trinajstić information content (AvgIpc) is 3.13. The Bertz CT molecular complexity index is 759. The van der Waals surface area contributed by atoms with Crippen molar-refractivity contribution in [3.8, 4) is 0 Å². The van der Waals surface area contributed by atoms with Gasteiger partial charge in [-0.15, -0.1) is 11.3 Å². The van der Waals surface area contributed by atoms with Gasteiger partial charge in [-0.25, -0.2) is 4.98 Å². The van der Waals surface area contributed by atoms with Crippen LogP contribution in [-0.2, 0) is 28.3 Å². The summed E-state index contributed by atoms with van der Waals surface area (Å²) in [6.07, 6.45) is 7.80. The zero-order valence-electron chi connectivity index (χ0n) is 13.6. The largest absolute Gasteiger partial charge is 0.364 e. The summed E-state index contributed by atoms with van der Waals surface area (Å²) in [6.45, 7) is 4.93. The number of piperidine rings is 1. The number of aromatic nitrogens is 2. The van der Waals surface area contributed by atoms with Gasteiger partial charge < -0.3 is 10.1 Å². The van der Waals surface area contributed by atoms with E-state index >= 15 is 0 Å². The average molecular weight is 344 g/mol. The number of nitrogens with zero attached hydrogens (tertiary/aromatic N) is 3. The Balaban J connectivity index is 1.48. The topological polar surface area (TPSA) is 67.4 Å².